The number of Topliss-reactive ketones (excluding diaryl/α,β-unsaturated/α-hetero) is 1. The van der Waals surface area contributed by atoms with Gasteiger partial charge in [-0.3, -0.25) is 4.79 Å². The van der Waals surface area contributed by atoms with Gasteiger partial charge in [0.1, 0.15) is 5.78 Å². The molecule has 0 aromatic carbocycles. The molecule has 2 N–H and O–H groups in total. The SMILES string of the molecule is CC1CCC(=O)[C@@H]1[C@H](O)[C@H](C)CCO. The molecule has 82 valence electrons. The molecule has 1 fully saturated rings. The van der Waals surface area contributed by atoms with Crippen LogP contribution in [-0.2, 0) is 4.79 Å². The summed E-state index contributed by atoms with van der Waals surface area (Å²) in [5.74, 6) is 0.291. The van der Waals surface area contributed by atoms with Gasteiger partial charge in [0.15, 0.2) is 0 Å². The van der Waals surface area contributed by atoms with E-state index in [0.29, 0.717) is 18.8 Å². The molecule has 0 amide bonds. The summed E-state index contributed by atoms with van der Waals surface area (Å²) in [5.41, 5.74) is 0. The Labute approximate surface area is 85.1 Å². The Morgan fingerprint density at radius 3 is 2.64 bits per heavy atom. The van der Waals surface area contributed by atoms with E-state index in [1.165, 1.54) is 0 Å². The monoisotopic (exact) mass is 200 g/mol. The summed E-state index contributed by atoms with van der Waals surface area (Å²) in [4.78, 5) is 11.5. The standard InChI is InChI=1S/C11H20O3/c1-7-3-4-9(13)10(7)11(14)8(2)5-6-12/h7-8,10-12,14H,3-6H2,1-2H3/t7?,8-,10-,11-/m1/s1. The Kier molecular flexibility index (Phi) is 4.08. The second-order valence-corrected chi connectivity index (χ2v) is 4.49. The highest BCUT2D eigenvalue weighted by Crippen LogP contribution is 2.33. The third kappa shape index (κ3) is 2.34. The average Bonchev–Trinajstić information content (AvgIpc) is 2.46. The van der Waals surface area contributed by atoms with E-state index in [9.17, 15) is 9.90 Å². The van der Waals surface area contributed by atoms with Crippen LogP contribution in [-0.4, -0.2) is 28.7 Å². The Balaban J connectivity index is 2.58. The number of aliphatic hydroxyl groups is 2. The van der Waals surface area contributed by atoms with E-state index in [1.54, 1.807) is 0 Å². The lowest BCUT2D eigenvalue weighted by molar-refractivity contribution is -0.126. The van der Waals surface area contributed by atoms with Gasteiger partial charge in [-0.1, -0.05) is 13.8 Å². The van der Waals surface area contributed by atoms with E-state index in [2.05, 4.69) is 0 Å². The van der Waals surface area contributed by atoms with Gasteiger partial charge < -0.3 is 10.2 Å². The molecule has 14 heavy (non-hydrogen) atoms. The van der Waals surface area contributed by atoms with Crippen molar-refractivity contribution in [1.29, 1.82) is 0 Å². The third-order valence-electron chi connectivity index (χ3n) is 3.37. The molecule has 3 heteroatoms. The van der Waals surface area contributed by atoms with Crippen molar-refractivity contribution < 1.29 is 15.0 Å². The molecule has 1 unspecified atom stereocenters. The minimum Gasteiger partial charge on any atom is -0.396 e. The van der Waals surface area contributed by atoms with Crippen molar-refractivity contribution in [2.75, 3.05) is 6.61 Å². The molecular weight excluding hydrogens is 180 g/mol. The van der Waals surface area contributed by atoms with Crippen LogP contribution in [0.3, 0.4) is 0 Å². The lowest BCUT2D eigenvalue weighted by Gasteiger charge is -2.25. The van der Waals surface area contributed by atoms with Crippen molar-refractivity contribution >= 4 is 5.78 Å². The molecule has 0 aliphatic heterocycles. The molecule has 0 heterocycles. The maximum Gasteiger partial charge on any atom is 0.138 e. The van der Waals surface area contributed by atoms with Gasteiger partial charge in [-0.15, -0.1) is 0 Å². The molecule has 0 spiro atoms. The van der Waals surface area contributed by atoms with Crippen molar-refractivity contribution in [3.05, 3.63) is 0 Å². The summed E-state index contributed by atoms with van der Waals surface area (Å²) in [6.07, 6.45) is 1.49. The lowest BCUT2D eigenvalue weighted by atomic mass is 9.84. The predicted molar refractivity (Wildman–Crippen MR) is 53.8 cm³/mol. The number of carbonyl (C=O) groups is 1. The fourth-order valence-electron chi connectivity index (χ4n) is 2.29. The number of hydrogen-bond donors (Lipinski definition) is 2. The van der Waals surface area contributed by atoms with Crippen LogP contribution in [0.1, 0.15) is 33.1 Å². The van der Waals surface area contributed by atoms with Crippen molar-refractivity contribution in [2.24, 2.45) is 17.8 Å². The Morgan fingerprint density at radius 2 is 2.21 bits per heavy atom. The first-order valence-electron chi connectivity index (χ1n) is 5.39. The largest absolute Gasteiger partial charge is 0.396 e. The summed E-state index contributed by atoms with van der Waals surface area (Å²) in [6.45, 7) is 3.98. The van der Waals surface area contributed by atoms with E-state index < -0.39 is 6.10 Å². The molecule has 0 aromatic rings. The quantitative estimate of drug-likeness (QED) is 0.711. The molecule has 1 aliphatic carbocycles. The highest BCUT2D eigenvalue weighted by atomic mass is 16.3. The molecule has 0 saturated heterocycles. The van der Waals surface area contributed by atoms with E-state index in [0.717, 1.165) is 6.42 Å². The summed E-state index contributed by atoms with van der Waals surface area (Å²) in [7, 11) is 0. The smallest absolute Gasteiger partial charge is 0.138 e. The summed E-state index contributed by atoms with van der Waals surface area (Å²) in [5, 5.41) is 18.7. The number of aliphatic hydroxyl groups excluding tert-OH is 2. The van der Waals surface area contributed by atoms with Crippen molar-refractivity contribution in [2.45, 2.75) is 39.2 Å². The lowest BCUT2D eigenvalue weighted by Crippen LogP contribution is -2.33. The van der Waals surface area contributed by atoms with Crippen molar-refractivity contribution in [1.82, 2.24) is 0 Å². The second kappa shape index (κ2) is 4.89. The number of ketones is 1. The maximum atomic E-state index is 11.5. The first kappa shape index (κ1) is 11.7. The molecule has 1 saturated carbocycles. The first-order chi connectivity index (χ1) is 6.57. The zero-order valence-corrected chi connectivity index (χ0v) is 8.94. The second-order valence-electron chi connectivity index (χ2n) is 4.49. The molecule has 0 aromatic heterocycles. The van der Waals surface area contributed by atoms with Gasteiger partial charge >= 0.3 is 0 Å². The van der Waals surface area contributed by atoms with Gasteiger partial charge in [0.25, 0.3) is 0 Å². The van der Waals surface area contributed by atoms with Gasteiger partial charge in [-0.05, 0) is 24.7 Å². The fraction of sp³-hybridized carbons (Fsp3) is 0.909. The fourth-order valence-corrected chi connectivity index (χ4v) is 2.29. The van der Waals surface area contributed by atoms with Gasteiger partial charge in [-0.25, -0.2) is 0 Å². The van der Waals surface area contributed by atoms with Crippen LogP contribution in [0.5, 0.6) is 0 Å². The third-order valence-corrected chi connectivity index (χ3v) is 3.37. The Morgan fingerprint density at radius 1 is 1.57 bits per heavy atom. The molecule has 0 radical (unpaired) electrons. The topological polar surface area (TPSA) is 57.5 Å². The van der Waals surface area contributed by atoms with E-state index in [-0.39, 0.29) is 24.2 Å². The van der Waals surface area contributed by atoms with Gasteiger partial charge in [0.05, 0.1) is 6.10 Å². The Bertz CT molecular complexity index is 203. The van der Waals surface area contributed by atoms with Gasteiger partial charge in [0.2, 0.25) is 0 Å². The predicted octanol–water partition coefficient (Wildman–Crippen LogP) is 0.981. The molecule has 1 aliphatic rings. The van der Waals surface area contributed by atoms with Gasteiger partial charge in [0, 0.05) is 18.9 Å². The molecular formula is C11H20O3. The summed E-state index contributed by atoms with van der Waals surface area (Å²) in [6, 6.07) is 0. The van der Waals surface area contributed by atoms with Crippen LogP contribution in [0.15, 0.2) is 0 Å². The highest BCUT2D eigenvalue weighted by molar-refractivity contribution is 5.83. The van der Waals surface area contributed by atoms with E-state index >= 15 is 0 Å². The molecule has 0 bridgehead atoms. The number of carbonyl (C=O) groups excluding carboxylic acids is 1. The van der Waals surface area contributed by atoms with Crippen LogP contribution >= 0.6 is 0 Å². The molecule has 3 nitrogen and oxygen atoms in total. The molecule has 1 rings (SSSR count). The van der Waals surface area contributed by atoms with Crippen LogP contribution in [0.4, 0.5) is 0 Å². The van der Waals surface area contributed by atoms with Crippen LogP contribution in [0.25, 0.3) is 0 Å². The van der Waals surface area contributed by atoms with Crippen LogP contribution < -0.4 is 0 Å². The number of hydrogen-bond acceptors (Lipinski definition) is 3. The summed E-state index contributed by atoms with van der Waals surface area (Å²) >= 11 is 0. The minimum absolute atomic E-state index is 0.00880. The number of rotatable bonds is 4. The van der Waals surface area contributed by atoms with Crippen molar-refractivity contribution in [3.8, 4) is 0 Å². The minimum atomic E-state index is -0.577. The van der Waals surface area contributed by atoms with Crippen LogP contribution in [0, 0.1) is 17.8 Å². The van der Waals surface area contributed by atoms with Gasteiger partial charge in [-0.2, -0.15) is 0 Å². The zero-order valence-electron chi connectivity index (χ0n) is 8.94. The average molecular weight is 200 g/mol. The summed E-state index contributed by atoms with van der Waals surface area (Å²) < 4.78 is 0. The maximum absolute atomic E-state index is 11.5. The van der Waals surface area contributed by atoms with Crippen molar-refractivity contribution in [3.63, 3.8) is 0 Å². The molecule has 4 atom stereocenters. The van der Waals surface area contributed by atoms with E-state index in [1.807, 2.05) is 13.8 Å². The van der Waals surface area contributed by atoms with E-state index in [4.69, 9.17) is 5.11 Å². The Hall–Kier alpha value is -0.410. The zero-order chi connectivity index (χ0) is 10.7. The highest BCUT2D eigenvalue weighted by Gasteiger charge is 2.38. The first-order valence-corrected chi connectivity index (χ1v) is 5.39. The van der Waals surface area contributed by atoms with Crippen LogP contribution in [0.2, 0.25) is 0 Å². The normalized spacial score (nSPS) is 31.9.